The summed E-state index contributed by atoms with van der Waals surface area (Å²) in [6, 6.07) is 14.4. The smallest absolute Gasteiger partial charge is 0.343 e. The number of unbranched alkanes of at least 4 members (excludes halogenated alkanes) is 1. The molecule has 12 heteroatoms. The van der Waals surface area contributed by atoms with Gasteiger partial charge in [-0.15, -0.1) is 0 Å². The van der Waals surface area contributed by atoms with E-state index in [1.165, 1.54) is 46.8 Å². The van der Waals surface area contributed by atoms with Gasteiger partial charge in [0.15, 0.2) is 23.0 Å². The lowest BCUT2D eigenvalue weighted by molar-refractivity contribution is -0.120. The molecule has 0 bridgehead atoms. The molecule has 0 unspecified atom stereocenters. The number of rotatable bonds is 15. The third-order valence-corrected chi connectivity index (χ3v) is 5.99. The molecule has 0 saturated heterocycles. The number of carbonyl (C=O) groups is 3. The number of nitrogens with zero attached hydrogens (tertiary/aromatic N) is 1. The first-order valence-electron chi connectivity index (χ1n) is 13.4. The van der Waals surface area contributed by atoms with Crippen molar-refractivity contribution in [3.05, 3.63) is 71.3 Å². The van der Waals surface area contributed by atoms with Crippen molar-refractivity contribution in [2.45, 2.75) is 19.8 Å². The maximum Gasteiger partial charge on any atom is 0.343 e. The van der Waals surface area contributed by atoms with E-state index < -0.39 is 17.8 Å². The second-order valence-corrected chi connectivity index (χ2v) is 8.92. The van der Waals surface area contributed by atoms with Crippen molar-refractivity contribution in [2.75, 3.05) is 41.6 Å². The molecule has 0 atom stereocenters. The summed E-state index contributed by atoms with van der Waals surface area (Å²) in [5, 5.41) is 6.42. The minimum absolute atomic E-state index is 0.214. The van der Waals surface area contributed by atoms with E-state index in [4.69, 9.17) is 28.4 Å². The summed E-state index contributed by atoms with van der Waals surface area (Å²) in [4.78, 5) is 37.5. The molecule has 0 saturated carbocycles. The Kier molecular flexibility index (Phi) is 12.2. The fourth-order valence-electron chi connectivity index (χ4n) is 3.72. The van der Waals surface area contributed by atoms with Gasteiger partial charge in [-0.1, -0.05) is 13.3 Å². The molecule has 2 amide bonds. The number of esters is 1. The van der Waals surface area contributed by atoms with Crippen molar-refractivity contribution in [1.82, 2.24) is 10.7 Å². The quantitative estimate of drug-likeness (QED) is 0.0879. The number of hydrogen-bond acceptors (Lipinski definition) is 10. The van der Waals surface area contributed by atoms with Crippen LogP contribution in [0.1, 0.15) is 46.0 Å². The summed E-state index contributed by atoms with van der Waals surface area (Å²) in [5.74, 6) is 0.501. The largest absolute Gasteiger partial charge is 0.494 e. The van der Waals surface area contributed by atoms with E-state index in [1.807, 2.05) is 0 Å². The normalized spacial score (nSPS) is 10.5. The van der Waals surface area contributed by atoms with E-state index >= 15 is 0 Å². The summed E-state index contributed by atoms with van der Waals surface area (Å²) in [5.41, 5.74) is 3.47. The van der Waals surface area contributed by atoms with Crippen LogP contribution in [-0.2, 0) is 4.79 Å². The maximum atomic E-state index is 12.6. The first-order valence-corrected chi connectivity index (χ1v) is 13.4. The van der Waals surface area contributed by atoms with Crippen LogP contribution in [0, 0.1) is 0 Å². The molecule has 0 radical (unpaired) electrons. The lowest BCUT2D eigenvalue weighted by atomic mass is 10.1. The Hall–Kier alpha value is -5.26. The minimum Gasteiger partial charge on any atom is -0.494 e. The fourth-order valence-corrected chi connectivity index (χ4v) is 3.72. The van der Waals surface area contributed by atoms with Gasteiger partial charge in [0.05, 0.1) is 53.4 Å². The number of hydrazone groups is 1. The number of nitrogens with one attached hydrogen (secondary N) is 2. The molecule has 3 rings (SSSR count). The van der Waals surface area contributed by atoms with E-state index in [0.29, 0.717) is 46.5 Å². The van der Waals surface area contributed by atoms with Crippen molar-refractivity contribution < 1.29 is 42.8 Å². The highest BCUT2D eigenvalue weighted by Gasteiger charge is 2.18. The molecule has 43 heavy (non-hydrogen) atoms. The van der Waals surface area contributed by atoms with Crippen LogP contribution in [0.2, 0.25) is 0 Å². The Balaban J connectivity index is 1.54. The van der Waals surface area contributed by atoms with E-state index in [2.05, 4.69) is 22.8 Å². The number of carbonyl (C=O) groups excluding carboxylic acids is 3. The Morgan fingerprint density at radius 3 is 2.07 bits per heavy atom. The molecule has 3 aromatic carbocycles. The molecular weight excluding hydrogens is 558 g/mol. The average molecular weight is 594 g/mol. The molecule has 12 nitrogen and oxygen atoms in total. The summed E-state index contributed by atoms with van der Waals surface area (Å²) >= 11 is 0. The van der Waals surface area contributed by atoms with Crippen LogP contribution >= 0.6 is 0 Å². The molecule has 0 heterocycles. The van der Waals surface area contributed by atoms with Crippen molar-refractivity contribution >= 4 is 24.0 Å². The summed E-state index contributed by atoms with van der Waals surface area (Å²) in [6.07, 6.45) is 3.36. The second-order valence-electron chi connectivity index (χ2n) is 8.92. The predicted molar refractivity (Wildman–Crippen MR) is 159 cm³/mol. The van der Waals surface area contributed by atoms with Crippen LogP contribution in [-0.4, -0.2) is 65.6 Å². The SMILES string of the molecule is CCCCOc1ccc(C(=O)Oc2ccc(C=NNC(=O)CNC(=O)c3cc(OC)c(OC)c(OC)c3)cc2OC)cc1. The molecule has 0 spiro atoms. The topological polar surface area (TPSA) is 143 Å². The fraction of sp³-hybridized carbons (Fsp3) is 0.290. The third-order valence-electron chi connectivity index (χ3n) is 5.99. The van der Waals surface area contributed by atoms with E-state index in [-0.39, 0.29) is 17.9 Å². The summed E-state index contributed by atoms with van der Waals surface area (Å²) in [7, 11) is 5.76. The van der Waals surface area contributed by atoms with Crippen LogP contribution in [0.15, 0.2) is 59.7 Å². The zero-order valence-electron chi connectivity index (χ0n) is 24.7. The third kappa shape index (κ3) is 9.12. The van der Waals surface area contributed by atoms with Crippen LogP contribution in [0.25, 0.3) is 0 Å². The van der Waals surface area contributed by atoms with Crippen molar-refractivity contribution in [3.63, 3.8) is 0 Å². The zero-order valence-corrected chi connectivity index (χ0v) is 24.7. The highest BCUT2D eigenvalue weighted by atomic mass is 16.6. The molecule has 0 aromatic heterocycles. The molecular formula is C31H35N3O9. The molecule has 0 fully saturated rings. The summed E-state index contributed by atoms with van der Waals surface area (Å²) < 4.78 is 32.2. The van der Waals surface area contributed by atoms with Gasteiger partial charge in [0, 0.05) is 5.56 Å². The number of methoxy groups -OCH3 is 4. The van der Waals surface area contributed by atoms with Crippen LogP contribution < -0.4 is 39.2 Å². The second kappa shape index (κ2) is 16.2. The molecule has 0 aliphatic rings. The number of ether oxygens (including phenoxy) is 6. The van der Waals surface area contributed by atoms with Gasteiger partial charge in [-0.2, -0.15) is 5.10 Å². The Morgan fingerprint density at radius 2 is 1.47 bits per heavy atom. The first kappa shape index (κ1) is 32.3. The molecule has 0 aliphatic carbocycles. The van der Waals surface area contributed by atoms with Crippen molar-refractivity contribution in [2.24, 2.45) is 5.10 Å². The Labute approximate surface area is 249 Å². The van der Waals surface area contributed by atoms with Crippen molar-refractivity contribution in [1.29, 1.82) is 0 Å². The van der Waals surface area contributed by atoms with E-state index in [1.54, 1.807) is 42.5 Å². The number of hydrogen-bond donors (Lipinski definition) is 2. The van der Waals surface area contributed by atoms with Gasteiger partial charge in [-0.05, 0) is 66.6 Å². The van der Waals surface area contributed by atoms with Gasteiger partial charge in [0.25, 0.3) is 11.8 Å². The summed E-state index contributed by atoms with van der Waals surface area (Å²) in [6.45, 7) is 2.36. The standard InChI is InChI=1S/C31H35N3O9/c1-6-7-14-42-23-11-9-21(10-12-23)31(37)43-24-13-8-20(15-25(24)38-2)18-33-34-28(35)19-32-30(36)22-16-26(39-3)29(41-5)27(17-22)40-4/h8-13,15-18H,6-7,14,19H2,1-5H3,(H,32,36)(H,34,35). The average Bonchev–Trinajstić information content (AvgIpc) is 3.03. The zero-order chi connectivity index (χ0) is 31.2. The lowest BCUT2D eigenvalue weighted by Crippen LogP contribution is -2.34. The lowest BCUT2D eigenvalue weighted by Gasteiger charge is -2.14. The van der Waals surface area contributed by atoms with Crippen LogP contribution in [0.3, 0.4) is 0 Å². The van der Waals surface area contributed by atoms with Crippen LogP contribution in [0.4, 0.5) is 0 Å². The van der Waals surface area contributed by atoms with Crippen LogP contribution in [0.5, 0.6) is 34.5 Å². The van der Waals surface area contributed by atoms with E-state index in [0.717, 1.165) is 12.8 Å². The highest BCUT2D eigenvalue weighted by Crippen LogP contribution is 2.38. The monoisotopic (exact) mass is 593 g/mol. The predicted octanol–water partition coefficient (Wildman–Crippen LogP) is 4.00. The molecule has 3 aromatic rings. The Morgan fingerprint density at radius 1 is 0.791 bits per heavy atom. The van der Waals surface area contributed by atoms with Gasteiger partial charge in [0.1, 0.15) is 5.75 Å². The first-order chi connectivity index (χ1) is 20.8. The Bertz CT molecular complexity index is 1410. The minimum atomic E-state index is -0.559. The van der Waals surface area contributed by atoms with Crippen molar-refractivity contribution in [3.8, 4) is 34.5 Å². The molecule has 0 aliphatic heterocycles. The highest BCUT2D eigenvalue weighted by molar-refractivity contribution is 5.97. The van der Waals surface area contributed by atoms with Gasteiger partial charge < -0.3 is 33.7 Å². The van der Waals surface area contributed by atoms with Gasteiger partial charge in [0.2, 0.25) is 5.75 Å². The van der Waals surface area contributed by atoms with Gasteiger partial charge >= 0.3 is 5.97 Å². The molecule has 2 N–H and O–H groups in total. The number of amides is 2. The molecule has 228 valence electrons. The van der Waals surface area contributed by atoms with E-state index in [9.17, 15) is 14.4 Å². The van der Waals surface area contributed by atoms with Gasteiger partial charge in [-0.25, -0.2) is 10.2 Å². The van der Waals surface area contributed by atoms with Gasteiger partial charge in [-0.3, -0.25) is 9.59 Å². The maximum absolute atomic E-state index is 12.6. The number of benzene rings is 3.